The van der Waals surface area contributed by atoms with Crippen molar-refractivity contribution in [1.82, 2.24) is 4.90 Å². The number of carbonyl (C=O) groups excluding carboxylic acids is 2. The van der Waals surface area contributed by atoms with Gasteiger partial charge < -0.3 is 9.47 Å². The van der Waals surface area contributed by atoms with Crippen LogP contribution < -0.4 is 4.74 Å². The highest BCUT2D eigenvalue weighted by Crippen LogP contribution is 2.18. The number of hydrogen-bond donors (Lipinski definition) is 0. The Morgan fingerprint density at radius 2 is 1.63 bits per heavy atom. The molecule has 0 aliphatic rings. The Hall–Kier alpha value is -2.82. The van der Waals surface area contributed by atoms with Gasteiger partial charge in [-0.25, -0.2) is 4.79 Å². The maximum absolute atomic E-state index is 12.8. The molecule has 1 atom stereocenters. The van der Waals surface area contributed by atoms with Crippen LogP contribution in [-0.4, -0.2) is 35.0 Å². The lowest BCUT2D eigenvalue weighted by Gasteiger charge is -2.31. The molecule has 0 spiro atoms. The number of Topliss-reactive ketones (excluding diaryl/α,β-unsaturated/α-hetero) is 1. The number of hydrogen-bond acceptors (Lipinski definition) is 4. The number of ether oxygens (including phenoxy) is 2. The van der Waals surface area contributed by atoms with Crippen LogP contribution in [0.15, 0.2) is 54.6 Å². The molecule has 2 rings (SSSR count). The third kappa shape index (κ3) is 7.54. The van der Waals surface area contributed by atoms with Gasteiger partial charge in [-0.3, -0.25) is 9.69 Å². The summed E-state index contributed by atoms with van der Waals surface area (Å²) in [6, 6.07) is 16.9. The van der Waals surface area contributed by atoms with Gasteiger partial charge in [-0.1, -0.05) is 43.7 Å². The van der Waals surface area contributed by atoms with Crippen molar-refractivity contribution < 1.29 is 19.1 Å². The van der Waals surface area contributed by atoms with Crippen molar-refractivity contribution in [2.75, 3.05) is 6.54 Å². The van der Waals surface area contributed by atoms with E-state index in [4.69, 9.17) is 9.47 Å². The molecule has 1 amide bonds. The minimum absolute atomic E-state index is 0.0136. The Kier molecular flexibility index (Phi) is 8.46. The molecule has 5 heteroatoms. The van der Waals surface area contributed by atoms with Crippen LogP contribution in [-0.2, 0) is 11.3 Å². The van der Waals surface area contributed by atoms with E-state index in [-0.39, 0.29) is 18.4 Å². The van der Waals surface area contributed by atoms with E-state index in [1.807, 2.05) is 58.0 Å². The zero-order valence-electron chi connectivity index (χ0n) is 18.7. The first-order chi connectivity index (χ1) is 14.2. The van der Waals surface area contributed by atoms with E-state index in [0.717, 1.165) is 18.4 Å². The molecule has 5 nitrogen and oxygen atoms in total. The normalized spacial score (nSPS) is 12.2. The third-order valence-corrected chi connectivity index (χ3v) is 4.61. The molecule has 162 valence electrons. The maximum atomic E-state index is 12.8. The number of amides is 1. The van der Waals surface area contributed by atoms with Crippen molar-refractivity contribution in [1.29, 1.82) is 0 Å². The molecule has 0 saturated heterocycles. The lowest BCUT2D eigenvalue weighted by Crippen LogP contribution is -2.44. The van der Waals surface area contributed by atoms with Crippen molar-refractivity contribution in [3.8, 4) is 5.75 Å². The van der Waals surface area contributed by atoms with E-state index in [9.17, 15) is 9.59 Å². The molecule has 0 aliphatic carbocycles. The van der Waals surface area contributed by atoms with Crippen LogP contribution in [0.4, 0.5) is 4.79 Å². The van der Waals surface area contributed by atoms with Crippen LogP contribution in [0.1, 0.15) is 63.4 Å². The monoisotopic (exact) mass is 411 g/mol. The zero-order valence-corrected chi connectivity index (χ0v) is 18.7. The highest BCUT2D eigenvalue weighted by molar-refractivity contribution is 5.99. The van der Waals surface area contributed by atoms with E-state index in [2.05, 4.69) is 6.92 Å². The van der Waals surface area contributed by atoms with E-state index < -0.39 is 11.7 Å². The van der Waals surface area contributed by atoms with Crippen LogP contribution in [0.3, 0.4) is 0 Å². The lowest BCUT2D eigenvalue weighted by molar-refractivity contribution is 0.0169. The molecule has 0 unspecified atom stereocenters. The van der Waals surface area contributed by atoms with Gasteiger partial charge in [0, 0.05) is 11.6 Å². The molecule has 0 heterocycles. The van der Waals surface area contributed by atoms with Crippen LogP contribution >= 0.6 is 0 Å². The molecule has 30 heavy (non-hydrogen) atoms. The molecule has 0 aromatic heterocycles. The van der Waals surface area contributed by atoms with Gasteiger partial charge in [-0.05, 0) is 63.9 Å². The van der Waals surface area contributed by atoms with Gasteiger partial charge in [0.05, 0.1) is 6.54 Å². The molecule has 2 aromatic carbocycles. The summed E-state index contributed by atoms with van der Waals surface area (Å²) in [6.45, 7) is 9.92. The minimum Gasteiger partial charge on any atom is -0.489 e. The summed E-state index contributed by atoms with van der Waals surface area (Å²) in [5.74, 6) is 0.567. The summed E-state index contributed by atoms with van der Waals surface area (Å²) >= 11 is 0. The predicted octanol–water partition coefficient (Wildman–Crippen LogP) is 5.87. The molecule has 0 N–H and O–H groups in total. The Bertz CT molecular complexity index is 809. The molecule has 0 bridgehead atoms. The summed E-state index contributed by atoms with van der Waals surface area (Å²) < 4.78 is 11.3. The second-order valence-corrected chi connectivity index (χ2v) is 8.47. The van der Waals surface area contributed by atoms with Crippen molar-refractivity contribution in [3.63, 3.8) is 0 Å². The second kappa shape index (κ2) is 10.8. The van der Waals surface area contributed by atoms with E-state index in [1.165, 1.54) is 4.90 Å². The Labute approximate surface area is 180 Å². The first-order valence-electron chi connectivity index (χ1n) is 10.5. The topological polar surface area (TPSA) is 55.8 Å². The second-order valence-electron chi connectivity index (χ2n) is 8.47. The van der Waals surface area contributed by atoms with Crippen molar-refractivity contribution >= 4 is 11.9 Å². The minimum atomic E-state index is -0.609. The molecular weight excluding hydrogens is 378 g/mol. The lowest BCUT2D eigenvalue weighted by atomic mass is 10.1. The molecule has 0 saturated carbocycles. The smallest absolute Gasteiger partial charge is 0.410 e. The fourth-order valence-corrected chi connectivity index (χ4v) is 3.02. The quantitative estimate of drug-likeness (QED) is 0.484. The van der Waals surface area contributed by atoms with Gasteiger partial charge >= 0.3 is 6.09 Å². The third-order valence-electron chi connectivity index (χ3n) is 4.61. The average Bonchev–Trinajstić information content (AvgIpc) is 2.70. The van der Waals surface area contributed by atoms with Gasteiger partial charge in [-0.15, -0.1) is 0 Å². The fourth-order valence-electron chi connectivity index (χ4n) is 3.02. The summed E-state index contributed by atoms with van der Waals surface area (Å²) in [4.78, 5) is 27.0. The summed E-state index contributed by atoms with van der Waals surface area (Å²) in [6.07, 6.45) is 1.26. The van der Waals surface area contributed by atoms with Gasteiger partial charge in [0.1, 0.15) is 18.0 Å². The number of ketones is 1. The van der Waals surface area contributed by atoms with Crippen LogP contribution in [0.5, 0.6) is 5.75 Å². The molecule has 0 radical (unpaired) electrons. The fraction of sp³-hybridized carbons (Fsp3) is 0.440. The highest BCUT2D eigenvalue weighted by atomic mass is 16.6. The molecule has 0 fully saturated rings. The Balaban J connectivity index is 2.02. The standard InChI is InChI=1S/C25H33NO4/c1-6-10-19(2)26(24(28)30-25(3,4)5)17-23(27)21-13-15-22(16-14-21)29-18-20-11-8-7-9-12-20/h7-9,11-16,19H,6,10,17-18H2,1-5H3/t19-/m0/s1. The van der Waals surface area contributed by atoms with Crippen molar-refractivity contribution in [2.24, 2.45) is 0 Å². The number of carbonyl (C=O) groups is 2. The SMILES string of the molecule is CCC[C@H](C)N(CC(=O)c1ccc(OCc2ccccc2)cc1)C(=O)OC(C)(C)C. The Morgan fingerprint density at radius 1 is 1.00 bits per heavy atom. The van der Waals surface area contributed by atoms with E-state index in [1.54, 1.807) is 24.3 Å². The van der Waals surface area contributed by atoms with E-state index in [0.29, 0.717) is 17.9 Å². The maximum Gasteiger partial charge on any atom is 0.410 e. The molecule has 2 aromatic rings. The Morgan fingerprint density at radius 3 is 2.20 bits per heavy atom. The van der Waals surface area contributed by atoms with E-state index >= 15 is 0 Å². The zero-order chi connectivity index (χ0) is 22.1. The largest absolute Gasteiger partial charge is 0.489 e. The summed E-state index contributed by atoms with van der Waals surface area (Å²) in [5.41, 5.74) is 1.01. The first kappa shape index (κ1) is 23.5. The van der Waals surface area contributed by atoms with Crippen molar-refractivity contribution in [2.45, 2.75) is 65.7 Å². The first-order valence-corrected chi connectivity index (χ1v) is 10.5. The van der Waals surface area contributed by atoms with Crippen LogP contribution in [0, 0.1) is 0 Å². The number of rotatable bonds is 9. The van der Waals surface area contributed by atoms with Gasteiger partial charge in [0.2, 0.25) is 0 Å². The predicted molar refractivity (Wildman–Crippen MR) is 119 cm³/mol. The molecular formula is C25H33NO4. The number of benzene rings is 2. The average molecular weight is 412 g/mol. The highest BCUT2D eigenvalue weighted by Gasteiger charge is 2.27. The summed E-state index contributed by atoms with van der Waals surface area (Å²) in [7, 11) is 0. The number of nitrogens with zero attached hydrogens (tertiary/aromatic N) is 1. The van der Waals surface area contributed by atoms with Gasteiger partial charge in [0.15, 0.2) is 5.78 Å². The van der Waals surface area contributed by atoms with Gasteiger partial charge in [0.25, 0.3) is 0 Å². The summed E-state index contributed by atoms with van der Waals surface area (Å²) in [5, 5.41) is 0. The van der Waals surface area contributed by atoms with Crippen LogP contribution in [0.25, 0.3) is 0 Å². The van der Waals surface area contributed by atoms with Crippen LogP contribution in [0.2, 0.25) is 0 Å². The molecule has 0 aliphatic heterocycles. The van der Waals surface area contributed by atoms with Crippen molar-refractivity contribution in [3.05, 3.63) is 65.7 Å². The van der Waals surface area contributed by atoms with Gasteiger partial charge in [-0.2, -0.15) is 0 Å².